The molecular formula is C13H20ClN3. The van der Waals surface area contributed by atoms with Gasteiger partial charge in [0, 0.05) is 19.6 Å². The molecule has 0 amide bonds. The third-order valence-corrected chi connectivity index (χ3v) is 3.54. The van der Waals surface area contributed by atoms with Gasteiger partial charge in [0.1, 0.15) is 5.82 Å². The van der Waals surface area contributed by atoms with Crippen LogP contribution >= 0.6 is 11.6 Å². The van der Waals surface area contributed by atoms with Crippen molar-refractivity contribution in [3.8, 4) is 0 Å². The monoisotopic (exact) mass is 253 g/mol. The summed E-state index contributed by atoms with van der Waals surface area (Å²) in [6, 6.07) is 3.98. The minimum atomic E-state index is 0.743. The Morgan fingerprint density at radius 3 is 3.00 bits per heavy atom. The highest BCUT2D eigenvalue weighted by molar-refractivity contribution is 6.31. The number of hydrogen-bond donors (Lipinski definition) is 1. The van der Waals surface area contributed by atoms with Gasteiger partial charge >= 0.3 is 0 Å². The van der Waals surface area contributed by atoms with Crippen LogP contribution in [0.3, 0.4) is 0 Å². The molecule has 2 heterocycles. The van der Waals surface area contributed by atoms with Gasteiger partial charge in [0.25, 0.3) is 0 Å². The van der Waals surface area contributed by atoms with Crippen LogP contribution in [-0.2, 0) is 6.54 Å². The van der Waals surface area contributed by atoms with E-state index >= 15 is 0 Å². The summed E-state index contributed by atoms with van der Waals surface area (Å²) in [7, 11) is 0. The van der Waals surface area contributed by atoms with Gasteiger partial charge in [0.2, 0.25) is 0 Å². The molecule has 0 aromatic carbocycles. The Hall–Kier alpha value is -0.800. The molecule has 0 radical (unpaired) electrons. The van der Waals surface area contributed by atoms with E-state index in [2.05, 4.69) is 29.0 Å². The smallest absolute Gasteiger partial charge is 0.128 e. The molecule has 2 rings (SSSR count). The van der Waals surface area contributed by atoms with Crippen molar-refractivity contribution in [3.63, 3.8) is 0 Å². The lowest BCUT2D eigenvalue weighted by Gasteiger charge is -2.18. The van der Waals surface area contributed by atoms with E-state index in [4.69, 9.17) is 11.6 Å². The van der Waals surface area contributed by atoms with E-state index in [1.165, 1.54) is 6.42 Å². The van der Waals surface area contributed by atoms with Crippen LogP contribution in [-0.4, -0.2) is 24.6 Å². The molecule has 1 aliphatic rings. The molecule has 17 heavy (non-hydrogen) atoms. The molecule has 1 aromatic rings. The van der Waals surface area contributed by atoms with Crippen LogP contribution < -0.4 is 10.2 Å². The summed E-state index contributed by atoms with van der Waals surface area (Å²) in [5, 5.41) is 4.02. The maximum absolute atomic E-state index is 6.15. The van der Waals surface area contributed by atoms with Crippen molar-refractivity contribution in [1.82, 2.24) is 10.3 Å². The number of pyridine rings is 1. The van der Waals surface area contributed by atoms with Gasteiger partial charge in [0.15, 0.2) is 0 Å². The van der Waals surface area contributed by atoms with Gasteiger partial charge in [-0.3, -0.25) is 0 Å². The second kappa shape index (κ2) is 5.69. The van der Waals surface area contributed by atoms with Crippen LogP contribution in [0.4, 0.5) is 5.82 Å². The second-order valence-electron chi connectivity index (χ2n) is 4.72. The number of nitrogens with one attached hydrogen (secondary N) is 1. The number of aromatic nitrogens is 1. The van der Waals surface area contributed by atoms with Crippen molar-refractivity contribution in [3.05, 3.63) is 22.8 Å². The molecule has 1 saturated heterocycles. The van der Waals surface area contributed by atoms with E-state index < -0.39 is 0 Å². The molecule has 0 aliphatic carbocycles. The minimum Gasteiger partial charge on any atom is -0.356 e. The molecule has 1 N–H and O–H groups in total. The topological polar surface area (TPSA) is 28.2 Å². The first-order chi connectivity index (χ1) is 8.20. The molecule has 0 spiro atoms. The zero-order valence-electron chi connectivity index (χ0n) is 10.5. The zero-order valence-corrected chi connectivity index (χ0v) is 11.3. The Bertz CT molecular complexity index is 381. The maximum atomic E-state index is 6.15. The Kier molecular flexibility index (Phi) is 4.24. The molecule has 3 nitrogen and oxygen atoms in total. The van der Waals surface area contributed by atoms with Crippen molar-refractivity contribution < 1.29 is 0 Å². The van der Waals surface area contributed by atoms with Gasteiger partial charge in [-0.25, -0.2) is 4.98 Å². The van der Waals surface area contributed by atoms with Crippen molar-refractivity contribution >= 4 is 17.4 Å². The highest BCUT2D eigenvalue weighted by Crippen LogP contribution is 2.24. The summed E-state index contributed by atoms with van der Waals surface area (Å²) in [4.78, 5) is 7.00. The van der Waals surface area contributed by atoms with Crippen LogP contribution in [0.1, 0.15) is 26.0 Å². The molecule has 1 fully saturated rings. The summed E-state index contributed by atoms with van der Waals surface area (Å²) in [5.41, 5.74) is 0.950. The number of halogens is 1. The largest absolute Gasteiger partial charge is 0.356 e. The first kappa shape index (κ1) is 12.7. The molecule has 0 saturated carbocycles. The lowest BCUT2D eigenvalue weighted by atomic mass is 10.2. The SMILES string of the molecule is CCNCc1nc(N2CCC(C)C2)ccc1Cl. The maximum Gasteiger partial charge on any atom is 0.128 e. The lowest BCUT2D eigenvalue weighted by Crippen LogP contribution is -2.21. The third kappa shape index (κ3) is 3.11. The van der Waals surface area contributed by atoms with E-state index in [1.54, 1.807) is 0 Å². The summed E-state index contributed by atoms with van der Waals surface area (Å²) >= 11 is 6.15. The van der Waals surface area contributed by atoms with Crippen LogP contribution in [0.25, 0.3) is 0 Å². The number of rotatable bonds is 4. The summed E-state index contributed by atoms with van der Waals surface area (Å²) in [5.74, 6) is 1.83. The minimum absolute atomic E-state index is 0.743. The molecular weight excluding hydrogens is 234 g/mol. The Labute approximate surface area is 108 Å². The Morgan fingerprint density at radius 2 is 2.35 bits per heavy atom. The highest BCUT2D eigenvalue weighted by atomic mass is 35.5. The fourth-order valence-corrected chi connectivity index (χ4v) is 2.33. The van der Waals surface area contributed by atoms with Crippen LogP contribution in [0.5, 0.6) is 0 Å². The van der Waals surface area contributed by atoms with Gasteiger partial charge < -0.3 is 10.2 Å². The fraction of sp³-hybridized carbons (Fsp3) is 0.615. The van der Waals surface area contributed by atoms with Crippen molar-refractivity contribution in [2.24, 2.45) is 5.92 Å². The van der Waals surface area contributed by atoms with Crippen molar-refractivity contribution in [2.45, 2.75) is 26.8 Å². The lowest BCUT2D eigenvalue weighted by molar-refractivity contribution is 0.658. The van der Waals surface area contributed by atoms with E-state index in [-0.39, 0.29) is 0 Å². The predicted molar refractivity (Wildman–Crippen MR) is 72.6 cm³/mol. The van der Waals surface area contributed by atoms with Gasteiger partial charge in [-0.2, -0.15) is 0 Å². The van der Waals surface area contributed by atoms with Gasteiger partial charge in [0.05, 0.1) is 10.7 Å². The summed E-state index contributed by atoms with van der Waals surface area (Å²) < 4.78 is 0. The zero-order chi connectivity index (χ0) is 12.3. The standard InChI is InChI=1S/C13H20ClN3/c1-3-15-8-12-11(14)4-5-13(16-12)17-7-6-10(2)9-17/h4-5,10,15H,3,6-9H2,1-2H3. The number of hydrogen-bond acceptors (Lipinski definition) is 3. The van der Waals surface area contributed by atoms with Crippen LogP contribution in [0, 0.1) is 5.92 Å². The third-order valence-electron chi connectivity index (χ3n) is 3.19. The van der Waals surface area contributed by atoms with Gasteiger partial charge in [-0.1, -0.05) is 25.4 Å². The van der Waals surface area contributed by atoms with Crippen molar-refractivity contribution in [2.75, 3.05) is 24.5 Å². The number of nitrogens with zero attached hydrogens (tertiary/aromatic N) is 2. The second-order valence-corrected chi connectivity index (χ2v) is 5.13. The highest BCUT2D eigenvalue weighted by Gasteiger charge is 2.20. The van der Waals surface area contributed by atoms with Gasteiger partial charge in [-0.15, -0.1) is 0 Å². The summed E-state index contributed by atoms with van der Waals surface area (Å²) in [6.45, 7) is 8.26. The van der Waals surface area contributed by atoms with E-state index in [9.17, 15) is 0 Å². The Morgan fingerprint density at radius 1 is 1.53 bits per heavy atom. The normalized spacial score (nSPS) is 19.9. The molecule has 1 unspecified atom stereocenters. The molecule has 1 atom stereocenters. The van der Waals surface area contributed by atoms with Crippen LogP contribution in [0.2, 0.25) is 5.02 Å². The Balaban J connectivity index is 2.12. The first-order valence-corrected chi connectivity index (χ1v) is 6.69. The molecule has 1 aromatic heterocycles. The molecule has 0 bridgehead atoms. The molecule has 4 heteroatoms. The quantitative estimate of drug-likeness (QED) is 0.894. The molecule has 1 aliphatic heterocycles. The van der Waals surface area contributed by atoms with Crippen molar-refractivity contribution in [1.29, 1.82) is 0 Å². The molecule has 94 valence electrons. The number of anilines is 1. The first-order valence-electron chi connectivity index (χ1n) is 6.31. The van der Waals surface area contributed by atoms with E-state index in [0.29, 0.717) is 0 Å². The average Bonchev–Trinajstić information content (AvgIpc) is 2.75. The average molecular weight is 254 g/mol. The predicted octanol–water partition coefficient (Wildman–Crippen LogP) is 2.69. The van der Waals surface area contributed by atoms with E-state index in [0.717, 1.165) is 48.6 Å². The fourth-order valence-electron chi connectivity index (χ4n) is 2.16. The van der Waals surface area contributed by atoms with Gasteiger partial charge in [-0.05, 0) is 31.0 Å². The van der Waals surface area contributed by atoms with E-state index in [1.807, 2.05) is 12.1 Å². The van der Waals surface area contributed by atoms with Crippen LogP contribution in [0.15, 0.2) is 12.1 Å². The summed E-state index contributed by atoms with van der Waals surface area (Å²) in [6.07, 6.45) is 1.26.